The SMILES string of the molecule is N#CC1(c2ccc3cnn(-c4cc(N5C[C@@H](O)C6(CC6)C5)ncn4)c3c2)CCC1. The van der Waals surface area contributed by atoms with Crippen molar-refractivity contribution in [3.63, 3.8) is 0 Å². The highest BCUT2D eigenvalue weighted by atomic mass is 16.3. The second-order valence-corrected chi connectivity index (χ2v) is 8.87. The van der Waals surface area contributed by atoms with Crippen molar-refractivity contribution < 1.29 is 5.11 Å². The van der Waals surface area contributed by atoms with Crippen LogP contribution in [-0.2, 0) is 5.41 Å². The topological polar surface area (TPSA) is 90.9 Å². The number of aromatic nitrogens is 4. The number of β-amino-alcohol motifs (C(OH)–C–C–N with tert-alkyl or cyclic N) is 1. The lowest BCUT2D eigenvalue weighted by Crippen LogP contribution is -2.32. The van der Waals surface area contributed by atoms with E-state index in [4.69, 9.17) is 0 Å². The van der Waals surface area contributed by atoms with Crippen molar-refractivity contribution in [1.82, 2.24) is 19.7 Å². The number of nitrogens with zero attached hydrogens (tertiary/aromatic N) is 6. The quantitative estimate of drug-likeness (QED) is 0.744. The summed E-state index contributed by atoms with van der Waals surface area (Å²) in [6, 6.07) is 10.7. The minimum Gasteiger partial charge on any atom is -0.391 e. The van der Waals surface area contributed by atoms with E-state index in [1.807, 2.05) is 23.0 Å². The van der Waals surface area contributed by atoms with E-state index in [1.165, 1.54) is 0 Å². The Morgan fingerprint density at radius 1 is 1.10 bits per heavy atom. The normalized spacial score (nSPS) is 23.9. The van der Waals surface area contributed by atoms with Gasteiger partial charge < -0.3 is 10.0 Å². The fourth-order valence-corrected chi connectivity index (χ4v) is 4.90. The van der Waals surface area contributed by atoms with Crippen molar-refractivity contribution in [1.29, 1.82) is 5.26 Å². The summed E-state index contributed by atoms with van der Waals surface area (Å²) in [7, 11) is 0. The predicted octanol–water partition coefficient (Wildman–Crippen LogP) is 2.72. The van der Waals surface area contributed by atoms with Gasteiger partial charge in [-0.05, 0) is 43.7 Å². The van der Waals surface area contributed by atoms with E-state index in [2.05, 4.69) is 38.2 Å². The fraction of sp³-hybridized carbons (Fsp3) is 0.455. The van der Waals surface area contributed by atoms with E-state index in [-0.39, 0.29) is 16.9 Å². The van der Waals surface area contributed by atoms with Crippen molar-refractivity contribution in [2.24, 2.45) is 5.41 Å². The first-order valence-electron chi connectivity index (χ1n) is 10.3. The summed E-state index contributed by atoms with van der Waals surface area (Å²) in [4.78, 5) is 11.1. The van der Waals surface area contributed by atoms with E-state index in [0.29, 0.717) is 12.4 Å². The molecule has 3 aliphatic rings. The van der Waals surface area contributed by atoms with Gasteiger partial charge in [0.1, 0.15) is 12.1 Å². The lowest BCUT2D eigenvalue weighted by Gasteiger charge is -2.35. The van der Waals surface area contributed by atoms with Gasteiger partial charge in [-0.2, -0.15) is 10.4 Å². The predicted molar refractivity (Wildman–Crippen MR) is 108 cm³/mol. The second kappa shape index (κ2) is 5.77. The minimum absolute atomic E-state index is 0.0762. The van der Waals surface area contributed by atoms with Gasteiger partial charge in [0.15, 0.2) is 5.82 Å². The van der Waals surface area contributed by atoms with Crippen LogP contribution < -0.4 is 4.90 Å². The van der Waals surface area contributed by atoms with Crippen molar-refractivity contribution >= 4 is 16.7 Å². The molecule has 0 bridgehead atoms. The Balaban J connectivity index is 1.39. The number of aliphatic hydroxyl groups is 1. The first-order chi connectivity index (χ1) is 14.1. The molecule has 1 atom stereocenters. The third-order valence-electron chi connectivity index (χ3n) is 7.22. The Morgan fingerprint density at radius 3 is 2.62 bits per heavy atom. The summed E-state index contributed by atoms with van der Waals surface area (Å²) < 4.78 is 1.83. The van der Waals surface area contributed by atoms with E-state index in [0.717, 1.165) is 60.9 Å². The van der Waals surface area contributed by atoms with Gasteiger partial charge >= 0.3 is 0 Å². The van der Waals surface area contributed by atoms with Gasteiger partial charge in [0.2, 0.25) is 0 Å². The number of nitriles is 1. The molecule has 2 aliphatic carbocycles. The largest absolute Gasteiger partial charge is 0.391 e. The average molecular weight is 386 g/mol. The van der Waals surface area contributed by atoms with Gasteiger partial charge in [-0.3, -0.25) is 0 Å². The van der Waals surface area contributed by atoms with Crippen LogP contribution >= 0.6 is 0 Å². The lowest BCUT2D eigenvalue weighted by molar-refractivity contribution is 0.136. The zero-order valence-electron chi connectivity index (χ0n) is 16.1. The average Bonchev–Trinajstić information content (AvgIpc) is 3.25. The molecule has 2 aromatic heterocycles. The molecule has 0 unspecified atom stereocenters. The molecule has 1 aliphatic heterocycles. The lowest BCUT2D eigenvalue weighted by atomic mass is 9.65. The molecule has 3 heterocycles. The van der Waals surface area contributed by atoms with Gasteiger partial charge in [-0.15, -0.1) is 0 Å². The standard InChI is InChI=1S/C22H22N6O/c23-12-21(4-1-5-21)16-3-2-15-10-26-28(17(15)8-16)20-9-19(24-14-25-20)27-11-18(29)22(13-27)6-7-22/h2-3,8-10,14,18,29H,1,4-7,11,13H2/t18-/m1/s1. The number of hydrogen-bond acceptors (Lipinski definition) is 6. The van der Waals surface area contributed by atoms with Crippen molar-refractivity contribution in [3.05, 3.63) is 42.4 Å². The highest BCUT2D eigenvalue weighted by Crippen LogP contribution is 2.53. The number of hydrogen-bond donors (Lipinski definition) is 1. The Labute approximate surface area is 168 Å². The highest BCUT2D eigenvalue weighted by molar-refractivity contribution is 5.81. The zero-order chi connectivity index (χ0) is 19.6. The van der Waals surface area contributed by atoms with Crippen LogP contribution in [0, 0.1) is 16.7 Å². The monoisotopic (exact) mass is 386 g/mol. The Kier molecular flexibility index (Phi) is 3.37. The van der Waals surface area contributed by atoms with Crippen LogP contribution in [0.2, 0.25) is 0 Å². The molecular formula is C22H22N6O. The van der Waals surface area contributed by atoms with Crippen molar-refractivity contribution in [2.45, 2.75) is 43.6 Å². The maximum Gasteiger partial charge on any atom is 0.159 e. The molecule has 2 saturated carbocycles. The van der Waals surface area contributed by atoms with Crippen LogP contribution in [0.5, 0.6) is 0 Å². The summed E-state index contributed by atoms with van der Waals surface area (Å²) in [6.45, 7) is 1.46. The van der Waals surface area contributed by atoms with Crippen molar-refractivity contribution in [2.75, 3.05) is 18.0 Å². The molecule has 6 rings (SSSR count). The van der Waals surface area contributed by atoms with Gasteiger partial charge in [0.05, 0.1) is 29.3 Å². The molecule has 3 fully saturated rings. The van der Waals surface area contributed by atoms with Crippen LogP contribution in [0.15, 0.2) is 36.8 Å². The minimum atomic E-state index is -0.357. The Morgan fingerprint density at radius 2 is 1.93 bits per heavy atom. The second-order valence-electron chi connectivity index (χ2n) is 8.87. The molecule has 1 saturated heterocycles. The third-order valence-corrected chi connectivity index (χ3v) is 7.22. The summed E-state index contributed by atoms with van der Waals surface area (Å²) in [5.41, 5.74) is 1.74. The van der Waals surface area contributed by atoms with Gasteiger partial charge in [-0.25, -0.2) is 14.6 Å². The van der Waals surface area contributed by atoms with E-state index >= 15 is 0 Å². The van der Waals surface area contributed by atoms with E-state index in [1.54, 1.807) is 6.33 Å². The molecule has 1 spiro atoms. The molecule has 29 heavy (non-hydrogen) atoms. The smallest absolute Gasteiger partial charge is 0.159 e. The van der Waals surface area contributed by atoms with E-state index < -0.39 is 0 Å². The molecule has 146 valence electrons. The van der Waals surface area contributed by atoms with Crippen molar-refractivity contribution in [3.8, 4) is 11.9 Å². The van der Waals surface area contributed by atoms with Gasteiger partial charge in [0, 0.05) is 30.0 Å². The molecule has 0 radical (unpaired) electrons. The number of benzene rings is 1. The summed E-state index contributed by atoms with van der Waals surface area (Å²) in [6.07, 6.45) is 8.24. The van der Waals surface area contributed by atoms with Crippen LogP contribution in [-0.4, -0.2) is 44.0 Å². The third kappa shape index (κ3) is 2.42. The number of rotatable bonds is 3. The number of aliphatic hydroxyl groups excluding tert-OH is 1. The van der Waals surface area contributed by atoms with Gasteiger partial charge in [0.25, 0.3) is 0 Å². The Hall–Kier alpha value is -2.98. The van der Waals surface area contributed by atoms with Crippen LogP contribution in [0.4, 0.5) is 5.82 Å². The van der Waals surface area contributed by atoms with E-state index in [9.17, 15) is 10.4 Å². The number of anilines is 1. The maximum atomic E-state index is 10.4. The fourth-order valence-electron chi connectivity index (χ4n) is 4.90. The molecular weight excluding hydrogens is 364 g/mol. The van der Waals surface area contributed by atoms with Gasteiger partial charge in [-0.1, -0.05) is 12.1 Å². The molecule has 7 heteroatoms. The molecule has 1 aromatic carbocycles. The van der Waals surface area contributed by atoms with Crippen LogP contribution in [0.25, 0.3) is 16.7 Å². The summed E-state index contributed by atoms with van der Waals surface area (Å²) in [5, 5.41) is 25.7. The molecule has 3 aromatic rings. The molecule has 0 amide bonds. The Bertz CT molecular complexity index is 1150. The first-order valence-corrected chi connectivity index (χ1v) is 10.3. The zero-order valence-corrected chi connectivity index (χ0v) is 16.1. The number of fused-ring (bicyclic) bond motifs is 1. The highest BCUT2D eigenvalue weighted by Gasteiger charge is 2.54. The summed E-state index contributed by atoms with van der Waals surface area (Å²) >= 11 is 0. The van der Waals surface area contributed by atoms with Crippen LogP contribution in [0.3, 0.4) is 0 Å². The maximum absolute atomic E-state index is 10.4. The molecule has 1 N–H and O–H groups in total. The summed E-state index contributed by atoms with van der Waals surface area (Å²) in [5.74, 6) is 1.53. The van der Waals surface area contributed by atoms with Crippen LogP contribution in [0.1, 0.15) is 37.7 Å². The first kappa shape index (κ1) is 16.9. The molecule has 7 nitrogen and oxygen atoms in total.